The van der Waals surface area contributed by atoms with Gasteiger partial charge >= 0.3 is 0 Å². The van der Waals surface area contributed by atoms with Gasteiger partial charge in [-0.25, -0.2) is 0 Å². The van der Waals surface area contributed by atoms with E-state index in [4.69, 9.17) is 0 Å². The van der Waals surface area contributed by atoms with Crippen LogP contribution < -0.4 is 5.32 Å². The predicted octanol–water partition coefficient (Wildman–Crippen LogP) is 1.80. The molecule has 0 amide bonds. The number of rotatable bonds is 3. The second-order valence-electron chi connectivity index (χ2n) is 7.30. The summed E-state index contributed by atoms with van der Waals surface area (Å²) >= 11 is 0. The van der Waals surface area contributed by atoms with Gasteiger partial charge < -0.3 is 10.4 Å². The molecule has 4 bridgehead atoms. The summed E-state index contributed by atoms with van der Waals surface area (Å²) in [6.07, 6.45) is 9.88. The number of hydrogen-bond donors (Lipinski definition) is 2. The van der Waals surface area contributed by atoms with Gasteiger partial charge in [-0.2, -0.15) is 0 Å². The summed E-state index contributed by atoms with van der Waals surface area (Å²) in [4.78, 5) is 12.1. The van der Waals surface area contributed by atoms with Crippen LogP contribution in [0.1, 0.15) is 43.3 Å². The molecule has 2 N–H and O–H groups in total. The molecule has 4 aliphatic carbocycles. The van der Waals surface area contributed by atoms with E-state index in [0.717, 1.165) is 32.1 Å². The van der Waals surface area contributed by atoms with Crippen LogP contribution in [0.4, 0.5) is 0 Å². The van der Waals surface area contributed by atoms with E-state index in [1.165, 1.54) is 6.42 Å². The highest BCUT2D eigenvalue weighted by molar-refractivity contribution is 5.80. The fourth-order valence-electron chi connectivity index (χ4n) is 5.28. The molecule has 4 aliphatic rings. The van der Waals surface area contributed by atoms with Crippen LogP contribution in [0.2, 0.25) is 0 Å². The molecule has 1 aromatic heterocycles. The van der Waals surface area contributed by atoms with Crippen LogP contribution in [0.3, 0.4) is 0 Å². The van der Waals surface area contributed by atoms with E-state index in [1.807, 2.05) is 12.1 Å². The highest BCUT2D eigenvalue weighted by atomic mass is 16.3. The third kappa shape index (κ3) is 2.02. The lowest BCUT2D eigenvalue weighted by Gasteiger charge is -2.60. The van der Waals surface area contributed by atoms with Crippen molar-refractivity contribution in [1.82, 2.24) is 9.88 Å². The second kappa shape index (κ2) is 4.18. The van der Waals surface area contributed by atoms with Gasteiger partial charge in [0, 0.05) is 17.9 Å². The SMILES string of the molecule is O=C(CNC12CC3CC(CC(O)(C3)C1)C2)n1cccc1. The molecule has 20 heavy (non-hydrogen) atoms. The molecule has 0 aromatic carbocycles. The minimum Gasteiger partial charge on any atom is -0.390 e. The summed E-state index contributed by atoms with van der Waals surface area (Å²) in [6, 6.07) is 3.73. The van der Waals surface area contributed by atoms with E-state index in [2.05, 4.69) is 5.32 Å². The number of carbonyl (C=O) groups excluding carboxylic acids is 1. The van der Waals surface area contributed by atoms with Gasteiger partial charge in [0.15, 0.2) is 0 Å². The molecule has 0 saturated heterocycles. The van der Waals surface area contributed by atoms with Gasteiger partial charge in [0.2, 0.25) is 5.91 Å². The predicted molar refractivity (Wildman–Crippen MR) is 75.4 cm³/mol. The van der Waals surface area contributed by atoms with Crippen LogP contribution >= 0.6 is 0 Å². The van der Waals surface area contributed by atoms with Crippen LogP contribution in [-0.4, -0.2) is 33.3 Å². The Hall–Kier alpha value is -1.13. The lowest BCUT2D eigenvalue weighted by molar-refractivity contribution is -0.141. The molecule has 4 heteroatoms. The summed E-state index contributed by atoms with van der Waals surface area (Å²) in [5.41, 5.74) is -0.463. The molecule has 4 nitrogen and oxygen atoms in total. The first-order valence-corrected chi connectivity index (χ1v) is 7.70. The Labute approximate surface area is 119 Å². The average Bonchev–Trinajstić information content (AvgIpc) is 2.86. The molecule has 0 aliphatic heterocycles. The Kier molecular flexibility index (Phi) is 2.63. The molecular weight excluding hydrogens is 252 g/mol. The highest BCUT2D eigenvalue weighted by Crippen LogP contribution is 2.57. The third-order valence-electron chi connectivity index (χ3n) is 5.54. The number of nitrogens with one attached hydrogen (secondary N) is 1. The van der Waals surface area contributed by atoms with Gasteiger partial charge in [0.1, 0.15) is 0 Å². The van der Waals surface area contributed by atoms with Gasteiger partial charge in [-0.3, -0.25) is 9.36 Å². The van der Waals surface area contributed by atoms with Crippen molar-refractivity contribution in [3.8, 4) is 0 Å². The van der Waals surface area contributed by atoms with Gasteiger partial charge in [-0.15, -0.1) is 0 Å². The van der Waals surface area contributed by atoms with E-state index < -0.39 is 5.60 Å². The van der Waals surface area contributed by atoms with Gasteiger partial charge in [0.25, 0.3) is 0 Å². The first-order chi connectivity index (χ1) is 9.56. The largest absolute Gasteiger partial charge is 0.390 e. The van der Waals surface area contributed by atoms with E-state index in [9.17, 15) is 9.90 Å². The number of aromatic nitrogens is 1. The summed E-state index contributed by atoms with van der Waals surface area (Å²) in [5, 5.41) is 14.2. The first-order valence-electron chi connectivity index (χ1n) is 7.70. The molecule has 4 fully saturated rings. The van der Waals surface area contributed by atoms with Crippen molar-refractivity contribution in [3.05, 3.63) is 24.5 Å². The normalized spacial score (nSPS) is 42.0. The maximum absolute atomic E-state index is 12.1. The number of nitrogens with zero attached hydrogens (tertiary/aromatic N) is 1. The minimum absolute atomic E-state index is 0.00163. The minimum atomic E-state index is -0.465. The monoisotopic (exact) mass is 274 g/mol. The van der Waals surface area contributed by atoms with Crippen molar-refractivity contribution in [3.63, 3.8) is 0 Å². The molecule has 5 rings (SSSR count). The summed E-state index contributed by atoms with van der Waals surface area (Å²) in [6.45, 7) is 0.365. The van der Waals surface area contributed by atoms with Crippen molar-refractivity contribution < 1.29 is 9.90 Å². The molecule has 2 unspecified atom stereocenters. The maximum Gasteiger partial charge on any atom is 0.244 e. The summed E-state index contributed by atoms with van der Waals surface area (Å²) < 4.78 is 1.63. The molecule has 108 valence electrons. The average molecular weight is 274 g/mol. The molecular formula is C16H22N2O2. The van der Waals surface area contributed by atoms with Crippen molar-refractivity contribution in [1.29, 1.82) is 0 Å². The Balaban J connectivity index is 1.47. The summed E-state index contributed by atoms with van der Waals surface area (Å²) in [5.74, 6) is 1.38. The molecule has 4 saturated carbocycles. The zero-order chi connectivity index (χ0) is 13.8. The molecule has 1 aromatic rings. The van der Waals surface area contributed by atoms with Gasteiger partial charge in [-0.05, 0) is 62.5 Å². The Morgan fingerprint density at radius 2 is 1.85 bits per heavy atom. The lowest BCUT2D eigenvalue weighted by atomic mass is 9.51. The van der Waals surface area contributed by atoms with Gasteiger partial charge in [0.05, 0.1) is 12.1 Å². The standard InChI is InChI=1S/C16H22N2O2/c19-14(18-3-1-2-4-18)10-17-15-6-12-5-13(7-15)9-16(20,8-12)11-15/h1-4,12-13,17,20H,5-11H2. The third-order valence-corrected chi connectivity index (χ3v) is 5.54. The van der Waals surface area contributed by atoms with Crippen molar-refractivity contribution in [2.24, 2.45) is 11.8 Å². The van der Waals surface area contributed by atoms with Crippen LogP contribution in [0.25, 0.3) is 0 Å². The molecule has 0 radical (unpaired) electrons. The Morgan fingerprint density at radius 1 is 1.20 bits per heavy atom. The summed E-state index contributed by atoms with van der Waals surface area (Å²) in [7, 11) is 0. The van der Waals surface area contributed by atoms with Crippen molar-refractivity contribution in [2.75, 3.05) is 6.54 Å². The highest BCUT2D eigenvalue weighted by Gasteiger charge is 2.56. The van der Waals surface area contributed by atoms with E-state index in [1.54, 1.807) is 17.0 Å². The van der Waals surface area contributed by atoms with Gasteiger partial charge in [-0.1, -0.05) is 0 Å². The van der Waals surface area contributed by atoms with E-state index >= 15 is 0 Å². The fraction of sp³-hybridized carbons (Fsp3) is 0.688. The fourth-order valence-corrected chi connectivity index (χ4v) is 5.28. The van der Waals surface area contributed by atoms with E-state index in [0.29, 0.717) is 18.4 Å². The quantitative estimate of drug-likeness (QED) is 0.883. The molecule has 2 atom stereocenters. The smallest absolute Gasteiger partial charge is 0.244 e. The zero-order valence-corrected chi connectivity index (χ0v) is 11.7. The molecule has 0 spiro atoms. The number of aliphatic hydroxyl groups is 1. The van der Waals surface area contributed by atoms with Crippen LogP contribution in [0, 0.1) is 11.8 Å². The topological polar surface area (TPSA) is 54.3 Å². The number of carbonyl (C=O) groups is 1. The lowest BCUT2D eigenvalue weighted by Crippen LogP contribution is -2.65. The zero-order valence-electron chi connectivity index (χ0n) is 11.7. The van der Waals surface area contributed by atoms with Crippen LogP contribution in [0.5, 0.6) is 0 Å². The maximum atomic E-state index is 12.1. The van der Waals surface area contributed by atoms with E-state index in [-0.39, 0.29) is 11.4 Å². The van der Waals surface area contributed by atoms with Crippen LogP contribution in [-0.2, 0) is 0 Å². The Morgan fingerprint density at radius 3 is 2.45 bits per heavy atom. The second-order valence-corrected chi connectivity index (χ2v) is 7.30. The van der Waals surface area contributed by atoms with Crippen molar-refractivity contribution >= 4 is 5.91 Å². The first kappa shape index (κ1) is 12.6. The Bertz CT molecular complexity index is 509. The molecule has 1 heterocycles. The van der Waals surface area contributed by atoms with Crippen molar-refractivity contribution in [2.45, 2.75) is 49.7 Å². The number of hydrogen-bond acceptors (Lipinski definition) is 3. The van der Waals surface area contributed by atoms with Crippen LogP contribution in [0.15, 0.2) is 24.5 Å².